The number of hydrogen-bond donors (Lipinski definition) is 0. The molecule has 0 amide bonds. The van der Waals surface area contributed by atoms with Gasteiger partial charge in [-0.3, -0.25) is 0 Å². The number of benzene rings is 1. The number of rotatable bonds is 2. The van der Waals surface area contributed by atoms with Crippen molar-refractivity contribution in [1.82, 2.24) is 5.32 Å². The first-order valence-corrected chi connectivity index (χ1v) is 6.11. The van der Waals surface area contributed by atoms with Crippen LogP contribution in [0.3, 0.4) is 0 Å². The van der Waals surface area contributed by atoms with E-state index < -0.39 is 0 Å². The summed E-state index contributed by atoms with van der Waals surface area (Å²) in [5.41, 5.74) is 2.16. The van der Waals surface area contributed by atoms with Crippen molar-refractivity contribution in [3.8, 4) is 5.75 Å². The van der Waals surface area contributed by atoms with E-state index in [1.807, 2.05) is 26.0 Å². The van der Waals surface area contributed by atoms with Crippen molar-refractivity contribution in [2.45, 2.75) is 32.8 Å². The number of halogens is 1. The van der Waals surface area contributed by atoms with Gasteiger partial charge >= 0.3 is 0 Å². The van der Waals surface area contributed by atoms with Gasteiger partial charge in [-0.05, 0) is 49.9 Å². The van der Waals surface area contributed by atoms with Crippen LogP contribution < -0.4 is 10.1 Å². The Kier molecular flexibility index (Phi) is 3.72. The zero-order valence-corrected chi connectivity index (χ0v) is 10.5. The average Bonchev–Trinajstić information content (AvgIpc) is 2.27. The van der Waals surface area contributed by atoms with E-state index in [-0.39, 0.29) is 0 Å². The Hall–Kier alpha value is -0.730. The zero-order valence-electron chi connectivity index (χ0n) is 9.79. The van der Waals surface area contributed by atoms with Crippen molar-refractivity contribution < 1.29 is 4.74 Å². The molecule has 3 heteroatoms. The molecule has 1 aromatic rings. The largest absolute Gasteiger partial charge is 0.490 e. The second kappa shape index (κ2) is 5.07. The molecule has 1 fully saturated rings. The molecule has 1 aliphatic rings. The van der Waals surface area contributed by atoms with Gasteiger partial charge in [-0.1, -0.05) is 11.6 Å². The van der Waals surface area contributed by atoms with Crippen LogP contribution in [0.1, 0.15) is 24.0 Å². The van der Waals surface area contributed by atoms with Gasteiger partial charge in [0.1, 0.15) is 11.9 Å². The van der Waals surface area contributed by atoms with E-state index >= 15 is 0 Å². The Labute approximate surface area is 102 Å². The molecule has 16 heavy (non-hydrogen) atoms. The van der Waals surface area contributed by atoms with E-state index in [1.165, 1.54) is 0 Å². The molecule has 2 rings (SSSR count). The van der Waals surface area contributed by atoms with E-state index in [9.17, 15) is 0 Å². The van der Waals surface area contributed by atoms with Crippen molar-refractivity contribution in [3.05, 3.63) is 28.3 Å². The molecule has 1 aliphatic heterocycles. The predicted octanol–water partition coefficient (Wildman–Crippen LogP) is 3.10. The summed E-state index contributed by atoms with van der Waals surface area (Å²) < 4.78 is 5.95. The minimum atomic E-state index is 0.317. The lowest BCUT2D eigenvalue weighted by Crippen LogP contribution is -2.30. The van der Waals surface area contributed by atoms with E-state index in [1.54, 1.807) is 0 Å². The normalized spacial score (nSPS) is 17.4. The van der Waals surface area contributed by atoms with Crippen LogP contribution in [0, 0.1) is 13.8 Å². The molecule has 87 valence electrons. The molecule has 0 atom stereocenters. The van der Waals surface area contributed by atoms with E-state index in [0.29, 0.717) is 6.10 Å². The summed E-state index contributed by atoms with van der Waals surface area (Å²) in [4.78, 5) is 0. The number of nitrogens with zero attached hydrogens (tertiary/aromatic N) is 1. The smallest absolute Gasteiger partial charge is 0.120 e. The zero-order chi connectivity index (χ0) is 11.5. The van der Waals surface area contributed by atoms with Crippen molar-refractivity contribution in [3.63, 3.8) is 0 Å². The molecule has 0 unspecified atom stereocenters. The number of piperidine rings is 1. The monoisotopic (exact) mass is 238 g/mol. The highest BCUT2D eigenvalue weighted by Gasteiger charge is 2.15. The van der Waals surface area contributed by atoms with Crippen LogP contribution >= 0.6 is 11.6 Å². The fourth-order valence-corrected chi connectivity index (χ4v) is 2.12. The molecule has 1 aromatic carbocycles. The third kappa shape index (κ3) is 2.69. The fraction of sp³-hybridized carbons (Fsp3) is 0.538. The summed E-state index contributed by atoms with van der Waals surface area (Å²) in [5, 5.41) is 5.16. The van der Waals surface area contributed by atoms with Crippen LogP contribution in [0.5, 0.6) is 5.75 Å². The van der Waals surface area contributed by atoms with E-state index in [4.69, 9.17) is 16.3 Å². The lowest BCUT2D eigenvalue weighted by molar-refractivity contribution is 0.161. The second-order valence-corrected chi connectivity index (χ2v) is 4.74. The molecule has 0 bridgehead atoms. The number of hydrogen-bond acceptors (Lipinski definition) is 1. The standard InChI is InChI=1S/C13H17ClNO/c1-9-7-12(8-10(2)13(9)14)16-11-3-5-15-6-4-11/h7-8,11H,3-6H2,1-2H3. The fourth-order valence-electron chi connectivity index (χ4n) is 2.01. The first-order chi connectivity index (χ1) is 7.66. The summed E-state index contributed by atoms with van der Waals surface area (Å²) in [6, 6.07) is 4.03. The highest BCUT2D eigenvalue weighted by atomic mass is 35.5. The summed E-state index contributed by atoms with van der Waals surface area (Å²) in [7, 11) is 0. The van der Waals surface area contributed by atoms with Gasteiger partial charge in [-0.2, -0.15) is 0 Å². The second-order valence-electron chi connectivity index (χ2n) is 4.36. The SMILES string of the molecule is Cc1cc(OC2CC[N]CC2)cc(C)c1Cl. The van der Waals surface area contributed by atoms with Crippen LogP contribution in [0.25, 0.3) is 0 Å². The summed E-state index contributed by atoms with van der Waals surface area (Å²) in [6.07, 6.45) is 2.37. The Morgan fingerprint density at radius 2 is 1.75 bits per heavy atom. The molecule has 1 radical (unpaired) electrons. The molecule has 1 saturated heterocycles. The first kappa shape index (κ1) is 11.7. The summed E-state index contributed by atoms with van der Waals surface area (Å²) in [5.74, 6) is 0.936. The third-order valence-corrected chi connectivity index (χ3v) is 3.53. The molecular weight excluding hydrogens is 222 g/mol. The molecule has 0 aromatic heterocycles. The Bertz CT molecular complexity index is 349. The quantitative estimate of drug-likeness (QED) is 0.777. The van der Waals surface area contributed by atoms with Gasteiger partial charge in [-0.25, -0.2) is 5.32 Å². The van der Waals surface area contributed by atoms with Gasteiger partial charge in [0.25, 0.3) is 0 Å². The van der Waals surface area contributed by atoms with Gasteiger partial charge in [0, 0.05) is 18.1 Å². The summed E-state index contributed by atoms with van der Waals surface area (Å²) >= 11 is 6.12. The van der Waals surface area contributed by atoms with Gasteiger partial charge < -0.3 is 4.74 Å². The minimum Gasteiger partial charge on any atom is -0.490 e. The van der Waals surface area contributed by atoms with Crippen LogP contribution in [0.4, 0.5) is 0 Å². The van der Waals surface area contributed by atoms with E-state index in [2.05, 4.69) is 5.32 Å². The Morgan fingerprint density at radius 3 is 2.31 bits per heavy atom. The van der Waals surface area contributed by atoms with Crippen LogP contribution in [0.15, 0.2) is 12.1 Å². The Morgan fingerprint density at radius 1 is 1.19 bits per heavy atom. The highest BCUT2D eigenvalue weighted by Crippen LogP contribution is 2.27. The van der Waals surface area contributed by atoms with Crippen LogP contribution in [-0.2, 0) is 0 Å². The number of aryl methyl sites for hydroxylation is 2. The molecular formula is C13H17ClNO. The Balaban J connectivity index is 2.09. The van der Waals surface area contributed by atoms with Gasteiger partial charge in [0.05, 0.1) is 0 Å². The lowest BCUT2D eigenvalue weighted by Gasteiger charge is -2.23. The topological polar surface area (TPSA) is 23.3 Å². The van der Waals surface area contributed by atoms with Gasteiger partial charge in [0.2, 0.25) is 0 Å². The lowest BCUT2D eigenvalue weighted by atomic mass is 10.1. The molecule has 1 heterocycles. The maximum absolute atomic E-state index is 6.12. The molecule has 2 nitrogen and oxygen atoms in total. The first-order valence-electron chi connectivity index (χ1n) is 5.73. The molecule has 0 spiro atoms. The van der Waals surface area contributed by atoms with Crippen molar-refractivity contribution >= 4 is 11.6 Å². The van der Waals surface area contributed by atoms with Gasteiger partial charge in [-0.15, -0.1) is 0 Å². The van der Waals surface area contributed by atoms with Crippen molar-refractivity contribution in [2.24, 2.45) is 0 Å². The molecule has 0 saturated carbocycles. The molecule has 0 aliphatic carbocycles. The maximum Gasteiger partial charge on any atom is 0.120 e. The number of ether oxygens (including phenoxy) is 1. The average molecular weight is 239 g/mol. The third-order valence-electron chi connectivity index (χ3n) is 2.93. The van der Waals surface area contributed by atoms with Crippen LogP contribution in [0.2, 0.25) is 5.02 Å². The van der Waals surface area contributed by atoms with Crippen LogP contribution in [-0.4, -0.2) is 19.2 Å². The van der Waals surface area contributed by atoms with Gasteiger partial charge in [0.15, 0.2) is 0 Å². The summed E-state index contributed by atoms with van der Waals surface area (Å²) in [6.45, 7) is 5.88. The van der Waals surface area contributed by atoms with Crippen molar-refractivity contribution in [2.75, 3.05) is 13.1 Å². The minimum absolute atomic E-state index is 0.317. The predicted molar refractivity (Wildman–Crippen MR) is 66.4 cm³/mol. The maximum atomic E-state index is 6.12. The molecule has 0 N–H and O–H groups in total. The van der Waals surface area contributed by atoms with Crippen molar-refractivity contribution in [1.29, 1.82) is 0 Å². The van der Waals surface area contributed by atoms with E-state index in [0.717, 1.165) is 47.8 Å². The highest BCUT2D eigenvalue weighted by molar-refractivity contribution is 6.32.